The van der Waals surface area contributed by atoms with Crippen LogP contribution < -0.4 is 10.6 Å². The molecule has 1 amide bonds. The Morgan fingerprint density at radius 3 is 2.54 bits per heavy atom. The predicted octanol–water partition coefficient (Wildman–Crippen LogP) is 0.983. The molecule has 8 nitrogen and oxygen atoms in total. The van der Waals surface area contributed by atoms with Crippen LogP contribution in [0.5, 0.6) is 0 Å². The van der Waals surface area contributed by atoms with Crippen LogP contribution in [0.25, 0.3) is 0 Å². The number of thioether (sulfide) groups is 1. The van der Waals surface area contributed by atoms with Crippen LogP contribution in [-0.4, -0.2) is 57.1 Å². The third-order valence-corrected chi connectivity index (χ3v) is 4.73. The van der Waals surface area contributed by atoms with E-state index in [-0.39, 0.29) is 18.4 Å². The molecule has 5 N–H and O–H groups in total. The predicted molar refractivity (Wildman–Crippen MR) is 104 cm³/mol. The highest BCUT2D eigenvalue weighted by atomic mass is 32.2. The van der Waals surface area contributed by atoms with Gasteiger partial charge in [-0.15, -0.1) is 0 Å². The smallest absolute Gasteiger partial charge is 0.339 e. The molecule has 0 fully saturated rings. The Balaban J connectivity index is 2.88. The maximum atomic E-state index is 13.6. The molecule has 28 heavy (non-hydrogen) atoms. The molecule has 1 rings (SSSR count). The van der Waals surface area contributed by atoms with Gasteiger partial charge in [0.15, 0.2) is 0 Å². The summed E-state index contributed by atoms with van der Waals surface area (Å²) < 4.78 is 24.7. The van der Waals surface area contributed by atoms with Crippen LogP contribution in [0.15, 0.2) is 24.3 Å². The van der Waals surface area contributed by atoms with Gasteiger partial charge in [-0.05, 0) is 30.6 Å². The fourth-order valence-corrected chi connectivity index (χ4v) is 2.99. The maximum Gasteiger partial charge on any atom is 0.339 e. The number of hydrogen-bond acceptors (Lipinski definition) is 5. The number of benzene rings is 1. The summed E-state index contributed by atoms with van der Waals surface area (Å²) in [5, 5.41) is 13.9. The molecular weight excluding hydrogens is 410 g/mol. The van der Waals surface area contributed by atoms with Crippen molar-refractivity contribution in [3.63, 3.8) is 0 Å². The van der Waals surface area contributed by atoms with Crippen LogP contribution in [0.1, 0.15) is 18.4 Å². The van der Waals surface area contributed by atoms with Crippen LogP contribution >= 0.6 is 19.4 Å². The van der Waals surface area contributed by atoms with E-state index in [9.17, 15) is 23.7 Å². The quantitative estimate of drug-likeness (QED) is 0.273. The lowest BCUT2D eigenvalue weighted by Crippen LogP contribution is -2.50. The van der Waals surface area contributed by atoms with Gasteiger partial charge >= 0.3 is 13.6 Å². The molecule has 0 aliphatic heterocycles. The number of carboxylic acids is 1. The largest absolute Gasteiger partial charge is 0.480 e. The van der Waals surface area contributed by atoms with Crippen molar-refractivity contribution in [2.24, 2.45) is 0 Å². The number of carbonyl (C=O) groups is 2. The molecule has 0 aliphatic rings. The SMILES string of the molecule is CSCC[C@H](NC(=O)[C@H](CC#Cc1ccccc1F)NCP(=O)(O)O)C(=O)O. The number of halogens is 1. The van der Waals surface area contributed by atoms with Crippen LogP contribution in [0.3, 0.4) is 0 Å². The average molecular weight is 432 g/mol. The number of carbonyl (C=O) groups excluding carboxylic acids is 1. The molecule has 0 radical (unpaired) electrons. The van der Waals surface area contributed by atoms with Crippen molar-refractivity contribution in [1.82, 2.24) is 10.6 Å². The molecule has 0 heterocycles. The van der Waals surface area contributed by atoms with Gasteiger partial charge in [-0.2, -0.15) is 11.8 Å². The minimum Gasteiger partial charge on any atom is -0.480 e. The molecule has 0 unspecified atom stereocenters. The highest BCUT2D eigenvalue weighted by Crippen LogP contribution is 2.32. The number of rotatable bonds is 10. The van der Waals surface area contributed by atoms with E-state index in [1.165, 1.54) is 30.0 Å². The van der Waals surface area contributed by atoms with Crippen molar-refractivity contribution in [3.05, 3.63) is 35.6 Å². The van der Waals surface area contributed by atoms with E-state index in [0.29, 0.717) is 5.75 Å². The van der Waals surface area contributed by atoms with Crippen LogP contribution in [0, 0.1) is 17.7 Å². The van der Waals surface area contributed by atoms with E-state index in [4.69, 9.17) is 9.79 Å². The van der Waals surface area contributed by atoms with Gasteiger partial charge in [0, 0.05) is 6.42 Å². The molecule has 2 atom stereocenters. The summed E-state index contributed by atoms with van der Waals surface area (Å²) in [5.41, 5.74) is 0.111. The zero-order valence-electron chi connectivity index (χ0n) is 15.1. The van der Waals surface area contributed by atoms with Gasteiger partial charge in [-0.1, -0.05) is 24.0 Å². The summed E-state index contributed by atoms with van der Waals surface area (Å²) in [5.74, 6) is 3.13. The first kappa shape index (κ1) is 24.1. The van der Waals surface area contributed by atoms with Crippen molar-refractivity contribution in [2.45, 2.75) is 24.9 Å². The summed E-state index contributed by atoms with van der Waals surface area (Å²) >= 11 is 1.42. The van der Waals surface area contributed by atoms with Gasteiger partial charge in [0.05, 0.1) is 17.9 Å². The summed E-state index contributed by atoms with van der Waals surface area (Å²) in [7, 11) is -4.45. The Kier molecular flexibility index (Phi) is 10.2. The topological polar surface area (TPSA) is 136 Å². The van der Waals surface area contributed by atoms with Gasteiger partial charge in [-0.25, -0.2) is 9.18 Å². The molecule has 0 saturated carbocycles. The third kappa shape index (κ3) is 9.35. The summed E-state index contributed by atoms with van der Waals surface area (Å²) in [4.78, 5) is 41.7. The third-order valence-electron chi connectivity index (χ3n) is 3.49. The Morgan fingerprint density at radius 1 is 1.29 bits per heavy atom. The molecular formula is C17H22FN2O6PS. The highest BCUT2D eigenvalue weighted by Gasteiger charge is 2.26. The van der Waals surface area contributed by atoms with Gasteiger partial charge < -0.3 is 20.2 Å². The van der Waals surface area contributed by atoms with Gasteiger partial charge in [-0.3, -0.25) is 14.7 Å². The molecule has 1 aromatic carbocycles. The summed E-state index contributed by atoms with van der Waals surface area (Å²) in [6.07, 6.45) is 1.00. The molecule has 1 aromatic rings. The Bertz CT molecular complexity index is 791. The Hall–Kier alpha value is -1.89. The van der Waals surface area contributed by atoms with Crippen LogP contribution in [0.4, 0.5) is 4.39 Å². The van der Waals surface area contributed by atoms with Crippen molar-refractivity contribution in [2.75, 3.05) is 18.3 Å². The summed E-state index contributed by atoms with van der Waals surface area (Å²) in [6, 6.07) is 3.44. The lowest BCUT2D eigenvalue weighted by Gasteiger charge is -2.20. The van der Waals surface area contributed by atoms with Crippen LogP contribution in [-0.2, 0) is 14.2 Å². The van der Waals surface area contributed by atoms with Crippen molar-refractivity contribution >= 4 is 31.2 Å². The zero-order valence-corrected chi connectivity index (χ0v) is 16.8. The second-order valence-electron chi connectivity index (χ2n) is 5.75. The van der Waals surface area contributed by atoms with E-state index in [1.54, 1.807) is 12.3 Å². The number of aliphatic carboxylic acids is 1. The molecule has 0 saturated heterocycles. The molecule has 11 heteroatoms. The standard InChI is InChI=1S/C17H22FN2O6PS/c1-28-10-9-15(17(22)23)20-16(21)14(19-11-27(24,25)26)8-4-6-12-5-2-3-7-13(12)18/h2-3,5,7,14-15,19H,8-11H2,1H3,(H,20,21)(H,22,23)(H2,24,25,26)/t14-,15-/m0/s1. The second kappa shape index (κ2) is 11.8. The van der Waals surface area contributed by atoms with Crippen molar-refractivity contribution in [1.29, 1.82) is 0 Å². The summed E-state index contributed by atoms with van der Waals surface area (Å²) in [6.45, 7) is 0. The van der Waals surface area contributed by atoms with Gasteiger partial charge in [0.25, 0.3) is 0 Å². The second-order valence-corrected chi connectivity index (χ2v) is 8.38. The monoisotopic (exact) mass is 432 g/mol. The average Bonchev–Trinajstić information content (AvgIpc) is 2.61. The fraction of sp³-hybridized carbons (Fsp3) is 0.412. The van der Waals surface area contributed by atoms with Crippen molar-refractivity contribution in [3.8, 4) is 11.8 Å². The first-order valence-corrected chi connectivity index (χ1v) is 11.4. The Labute approximate surface area is 166 Å². The number of amides is 1. The van der Waals surface area contributed by atoms with E-state index >= 15 is 0 Å². The number of nitrogens with one attached hydrogen (secondary N) is 2. The molecule has 0 aromatic heterocycles. The van der Waals surface area contributed by atoms with Crippen LogP contribution in [0.2, 0.25) is 0 Å². The first-order valence-electron chi connectivity index (χ1n) is 8.17. The lowest BCUT2D eigenvalue weighted by molar-refractivity contribution is -0.142. The molecule has 154 valence electrons. The molecule has 0 spiro atoms. The first-order chi connectivity index (χ1) is 13.1. The highest BCUT2D eigenvalue weighted by molar-refractivity contribution is 7.98. The normalized spacial score (nSPS) is 13.1. The van der Waals surface area contributed by atoms with E-state index in [0.717, 1.165) is 0 Å². The fourth-order valence-electron chi connectivity index (χ4n) is 2.06. The van der Waals surface area contributed by atoms with E-state index in [2.05, 4.69) is 22.5 Å². The molecule has 0 bridgehead atoms. The minimum atomic E-state index is -4.45. The van der Waals surface area contributed by atoms with Crippen molar-refractivity contribution < 1.29 is 33.4 Å². The number of hydrogen-bond donors (Lipinski definition) is 5. The lowest BCUT2D eigenvalue weighted by atomic mass is 10.1. The van der Waals surface area contributed by atoms with Gasteiger partial charge in [0.2, 0.25) is 5.91 Å². The van der Waals surface area contributed by atoms with E-state index in [1.807, 2.05) is 0 Å². The zero-order chi connectivity index (χ0) is 21.2. The Morgan fingerprint density at radius 2 is 1.96 bits per heavy atom. The number of carboxylic acid groups (broad SMARTS) is 1. The minimum absolute atomic E-state index is 0.111. The van der Waals surface area contributed by atoms with E-state index < -0.39 is 43.7 Å². The molecule has 0 aliphatic carbocycles. The van der Waals surface area contributed by atoms with Gasteiger partial charge in [0.1, 0.15) is 11.9 Å². The maximum absolute atomic E-state index is 13.6.